The molecule has 12 heteroatoms. The lowest BCUT2D eigenvalue weighted by Crippen LogP contribution is -2.25. The van der Waals surface area contributed by atoms with E-state index < -0.39 is 11.7 Å². The SMILES string of the molecule is CC(C)c1nnc(NC(=O)CSc2nnc(CNC(=O)c3ccccc3F)n2C)s1. The summed E-state index contributed by atoms with van der Waals surface area (Å²) in [5, 5.41) is 23.2. The number of carbonyl (C=O) groups excluding carboxylic acids is 2. The van der Waals surface area contributed by atoms with E-state index in [1.165, 1.54) is 41.3 Å². The highest BCUT2D eigenvalue weighted by Gasteiger charge is 2.16. The Morgan fingerprint density at radius 2 is 1.97 bits per heavy atom. The maximum Gasteiger partial charge on any atom is 0.254 e. The first kappa shape index (κ1) is 21.8. The van der Waals surface area contributed by atoms with Crippen molar-refractivity contribution >= 4 is 40.0 Å². The summed E-state index contributed by atoms with van der Waals surface area (Å²) >= 11 is 2.55. The molecule has 3 aromatic rings. The highest BCUT2D eigenvalue weighted by Crippen LogP contribution is 2.23. The molecule has 0 unspecified atom stereocenters. The number of hydrogen-bond acceptors (Lipinski definition) is 8. The Labute approximate surface area is 180 Å². The normalized spacial score (nSPS) is 11.0. The molecule has 2 aromatic heterocycles. The molecular formula is C18H20FN7O2S2. The number of hydrogen-bond donors (Lipinski definition) is 2. The van der Waals surface area contributed by atoms with Crippen molar-refractivity contribution in [1.82, 2.24) is 30.3 Å². The fourth-order valence-corrected chi connectivity index (χ4v) is 3.82. The van der Waals surface area contributed by atoms with Gasteiger partial charge in [0.15, 0.2) is 11.0 Å². The van der Waals surface area contributed by atoms with Gasteiger partial charge in [0.1, 0.15) is 10.8 Å². The van der Waals surface area contributed by atoms with E-state index in [9.17, 15) is 14.0 Å². The molecular weight excluding hydrogens is 429 g/mol. The van der Waals surface area contributed by atoms with Gasteiger partial charge in [0.2, 0.25) is 11.0 Å². The van der Waals surface area contributed by atoms with Crippen molar-refractivity contribution in [3.05, 3.63) is 46.5 Å². The topological polar surface area (TPSA) is 115 Å². The van der Waals surface area contributed by atoms with Gasteiger partial charge in [-0.3, -0.25) is 14.9 Å². The van der Waals surface area contributed by atoms with Crippen LogP contribution in [0.5, 0.6) is 0 Å². The van der Waals surface area contributed by atoms with E-state index in [2.05, 4.69) is 31.0 Å². The zero-order chi connectivity index (χ0) is 21.7. The van der Waals surface area contributed by atoms with E-state index in [4.69, 9.17) is 0 Å². The Hall–Kier alpha value is -2.86. The number of nitrogens with one attached hydrogen (secondary N) is 2. The Balaban J connectivity index is 1.51. The van der Waals surface area contributed by atoms with E-state index in [1.54, 1.807) is 17.7 Å². The first-order chi connectivity index (χ1) is 14.3. The maximum atomic E-state index is 13.7. The fraction of sp³-hybridized carbons (Fsp3) is 0.333. The van der Waals surface area contributed by atoms with Crippen LogP contribution < -0.4 is 10.6 Å². The first-order valence-electron chi connectivity index (χ1n) is 9.02. The van der Waals surface area contributed by atoms with Crippen LogP contribution in [-0.4, -0.2) is 42.5 Å². The van der Waals surface area contributed by atoms with Gasteiger partial charge in [-0.2, -0.15) is 0 Å². The third-order valence-corrected chi connectivity index (χ3v) is 6.12. The zero-order valence-electron chi connectivity index (χ0n) is 16.5. The Morgan fingerprint density at radius 3 is 2.67 bits per heavy atom. The molecule has 0 radical (unpaired) electrons. The quantitative estimate of drug-likeness (QED) is 0.508. The van der Waals surface area contributed by atoms with E-state index in [0.29, 0.717) is 16.1 Å². The van der Waals surface area contributed by atoms with Crippen LogP contribution in [0.15, 0.2) is 29.4 Å². The minimum atomic E-state index is -0.592. The molecule has 2 heterocycles. The number of thioether (sulfide) groups is 1. The number of halogens is 1. The number of benzene rings is 1. The predicted octanol–water partition coefficient (Wildman–Crippen LogP) is 2.59. The van der Waals surface area contributed by atoms with E-state index in [0.717, 1.165) is 5.01 Å². The first-order valence-corrected chi connectivity index (χ1v) is 10.8. The number of carbonyl (C=O) groups is 2. The summed E-state index contributed by atoms with van der Waals surface area (Å²) in [6.45, 7) is 4.09. The number of amides is 2. The number of aromatic nitrogens is 5. The van der Waals surface area contributed by atoms with Gasteiger partial charge in [0, 0.05) is 13.0 Å². The van der Waals surface area contributed by atoms with Crippen molar-refractivity contribution in [2.24, 2.45) is 7.05 Å². The number of anilines is 1. The van der Waals surface area contributed by atoms with Gasteiger partial charge in [-0.1, -0.05) is 49.1 Å². The number of nitrogens with zero attached hydrogens (tertiary/aromatic N) is 5. The molecule has 0 saturated carbocycles. The van der Waals surface area contributed by atoms with Crippen LogP contribution in [0.1, 0.15) is 41.0 Å². The standard InChI is InChI=1S/C18H20FN7O2S2/c1-10(2)16-23-24-17(30-16)21-14(27)9-29-18-25-22-13(26(18)3)8-20-15(28)11-6-4-5-7-12(11)19/h4-7,10H,8-9H2,1-3H3,(H,20,28)(H,21,24,27). The molecule has 3 rings (SSSR count). The van der Waals surface area contributed by atoms with Gasteiger partial charge < -0.3 is 9.88 Å². The molecule has 0 fully saturated rings. The van der Waals surface area contributed by atoms with Crippen molar-refractivity contribution < 1.29 is 14.0 Å². The molecule has 0 atom stereocenters. The van der Waals surface area contributed by atoms with Gasteiger partial charge in [-0.15, -0.1) is 20.4 Å². The minimum absolute atomic E-state index is 0.0387. The van der Waals surface area contributed by atoms with Crippen molar-refractivity contribution in [1.29, 1.82) is 0 Å². The summed E-state index contributed by atoms with van der Waals surface area (Å²) in [7, 11) is 1.73. The fourth-order valence-electron chi connectivity index (χ4n) is 2.33. The molecule has 9 nitrogen and oxygen atoms in total. The summed E-state index contributed by atoms with van der Waals surface area (Å²) < 4.78 is 15.3. The predicted molar refractivity (Wildman–Crippen MR) is 112 cm³/mol. The minimum Gasteiger partial charge on any atom is -0.345 e. The van der Waals surface area contributed by atoms with Gasteiger partial charge in [-0.25, -0.2) is 4.39 Å². The molecule has 0 saturated heterocycles. The average molecular weight is 450 g/mol. The summed E-state index contributed by atoms with van der Waals surface area (Å²) in [4.78, 5) is 24.3. The van der Waals surface area contributed by atoms with Crippen LogP contribution in [0.4, 0.5) is 9.52 Å². The lowest BCUT2D eigenvalue weighted by Gasteiger charge is -2.06. The molecule has 0 aliphatic carbocycles. The molecule has 2 N–H and O–H groups in total. The van der Waals surface area contributed by atoms with E-state index in [-0.39, 0.29) is 29.7 Å². The van der Waals surface area contributed by atoms with Crippen molar-refractivity contribution in [2.75, 3.05) is 11.1 Å². The second-order valence-electron chi connectivity index (χ2n) is 6.56. The van der Waals surface area contributed by atoms with Gasteiger partial charge in [0.05, 0.1) is 17.9 Å². The Morgan fingerprint density at radius 1 is 1.20 bits per heavy atom. The lowest BCUT2D eigenvalue weighted by molar-refractivity contribution is -0.113. The van der Waals surface area contributed by atoms with Crippen LogP contribution >= 0.6 is 23.1 Å². The van der Waals surface area contributed by atoms with Crippen LogP contribution in [-0.2, 0) is 18.4 Å². The summed E-state index contributed by atoms with van der Waals surface area (Å²) in [5.74, 6) is -0.520. The van der Waals surface area contributed by atoms with Crippen molar-refractivity contribution in [3.63, 3.8) is 0 Å². The van der Waals surface area contributed by atoms with Crippen molar-refractivity contribution in [3.8, 4) is 0 Å². The second kappa shape index (κ2) is 9.76. The van der Waals surface area contributed by atoms with E-state index >= 15 is 0 Å². The van der Waals surface area contributed by atoms with Crippen LogP contribution in [0.25, 0.3) is 0 Å². The molecule has 1 aromatic carbocycles. The van der Waals surface area contributed by atoms with Gasteiger partial charge >= 0.3 is 0 Å². The molecule has 0 bridgehead atoms. The molecule has 30 heavy (non-hydrogen) atoms. The largest absolute Gasteiger partial charge is 0.345 e. The maximum absolute atomic E-state index is 13.7. The van der Waals surface area contributed by atoms with Gasteiger partial charge in [0.25, 0.3) is 5.91 Å². The third kappa shape index (κ3) is 5.39. The Bertz CT molecular complexity index is 1050. The van der Waals surface area contributed by atoms with Crippen LogP contribution in [0.2, 0.25) is 0 Å². The Kier molecular flexibility index (Phi) is 7.11. The van der Waals surface area contributed by atoms with Gasteiger partial charge in [-0.05, 0) is 12.1 Å². The monoisotopic (exact) mass is 449 g/mol. The highest BCUT2D eigenvalue weighted by atomic mass is 32.2. The smallest absolute Gasteiger partial charge is 0.254 e. The average Bonchev–Trinajstić information content (AvgIpc) is 3.32. The lowest BCUT2D eigenvalue weighted by atomic mass is 10.2. The molecule has 2 amide bonds. The van der Waals surface area contributed by atoms with Crippen LogP contribution in [0.3, 0.4) is 0 Å². The molecule has 0 spiro atoms. The third-order valence-electron chi connectivity index (χ3n) is 3.96. The molecule has 0 aliphatic heterocycles. The van der Waals surface area contributed by atoms with Crippen molar-refractivity contribution in [2.45, 2.75) is 31.5 Å². The highest BCUT2D eigenvalue weighted by molar-refractivity contribution is 7.99. The van der Waals surface area contributed by atoms with Crippen LogP contribution in [0, 0.1) is 5.82 Å². The summed E-state index contributed by atoms with van der Waals surface area (Å²) in [5.41, 5.74) is -0.0387. The van der Waals surface area contributed by atoms with E-state index in [1.807, 2.05) is 13.8 Å². The number of rotatable bonds is 8. The summed E-state index contributed by atoms with van der Waals surface area (Å²) in [6.07, 6.45) is 0. The second-order valence-corrected chi connectivity index (χ2v) is 8.51. The zero-order valence-corrected chi connectivity index (χ0v) is 18.2. The molecule has 0 aliphatic rings. The summed E-state index contributed by atoms with van der Waals surface area (Å²) in [6, 6.07) is 5.74. The molecule has 158 valence electrons.